The summed E-state index contributed by atoms with van der Waals surface area (Å²) in [4.78, 5) is 22.0. The third kappa shape index (κ3) is 4.09. The number of ketones is 1. The Balaban J connectivity index is 2.21. The van der Waals surface area contributed by atoms with Crippen molar-refractivity contribution in [1.82, 2.24) is 0 Å². The van der Waals surface area contributed by atoms with Crippen molar-refractivity contribution < 1.29 is 14.3 Å². The van der Waals surface area contributed by atoms with Crippen LogP contribution in [0.2, 0.25) is 0 Å². The number of hydrogen-bond donors (Lipinski definition) is 0. The zero-order valence-corrected chi connectivity index (χ0v) is 8.89. The van der Waals surface area contributed by atoms with Crippen LogP contribution in [0.4, 0.5) is 0 Å². The molecule has 0 aromatic heterocycles. The summed E-state index contributed by atoms with van der Waals surface area (Å²) in [5.74, 6) is -0.810. The smallest absolute Gasteiger partial charge is 0.313 e. The Bertz CT molecular complexity index is 209. The summed E-state index contributed by atoms with van der Waals surface area (Å²) in [5, 5.41) is 0. The molecule has 4 heteroatoms. The number of alkyl halides is 1. The average molecular weight is 219 g/mol. The van der Waals surface area contributed by atoms with Crippen LogP contribution in [-0.2, 0) is 14.3 Å². The maximum atomic E-state index is 11.2. The first-order chi connectivity index (χ1) is 6.72. The van der Waals surface area contributed by atoms with Gasteiger partial charge in [-0.05, 0) is 25.7 Å². The minimum Gasteiger partial charge on any atom is -0.462 e. The highest BCUT2D eigenvalue weighted by molar-refractivity contribution is 6.28. The van der Waals surface area contributed by atoms with E-state index in [0.29, 0.717) is 0 Å². The second kappa shape index (κ2) is 6.02. The van der Waals surface area contributed by atoms with Crippen molar-refractivity contribution >= 4 is 23.4 Å². The third-order valence-electron chi connectivity index (χ3n) is 2.34. The Labute approximate surface area is 88.8 Å². The first-order valence-electron chi connectivity index (χ1n) is 4.99. The molecule has 80 valence electrons. The fraction of sp³-hybridized carbons (Fsp3) is 0.800. The topological polar surface area (TPSA) is 43.4 Å². The van der Waals surface area contributed by atoms with Crippen molar-refractivity contribution in [3.8, 4) is 0 Å². The van der Waals surface area contributed by atoms with Crippen molar-refractivity contribution in [3.05, 3.63) is 0 Å². The number of carbonyl (C=O) groups excluding carboxylic acids is 2. The van der Waals surface area contributed by atoms with Crippen LogP contribution in [-0.4, -0.2) is 23.7 Å². The Morgan fingerprint density at radius 3 is 2.43 bits per heavy atom. The van der Waals surface area contributed by atoms with Crippen molar-refractivity contribution in [3.63, 3.8) is 0 Å². The largest absolute Gasteiger partial charge is 0.462 e. The fourth-order valence-electron chi connectivity index (χ4n) is 1.62. The van der Waals surface area contributed by atoms with Gasteiger partial charge in [0.05, 0.1) is 5.88 Å². The van der Waals surface area contributed by atoms with E-state index in [-0.39, 0.29) is 24.2 Å². The maximum absolute atomic E-state index is 11.2. The van der Waals surface area contributed by atoms with E-state index in [4.69, 9.17) is 16.3 Å². The van der Waals surface area contributed by atoms with Crippen molar-refractivity contribution in [2.24, 2.45) is 0 Å². The minimum atomic E-state index is -0.428. The molecule has 0 aromatic carbocycles. The van der Waals surface area contributed by atoms with E-state index < -0.39 is 5.97 Å². The lowest BCUT2D eigenvalue weighted by Gasteiger charge is -2.21. The molecule has 1 rings (SSSR count). The Morgan fingerprint density at radius 2 is 1.86 bits per heavy atom. The number of rotatable bonds is 4. The summed E-state index contributed by atoms with van der Waals surface area (Å²) in [5.41, 5.74) is 0. The van der Waals surface area contributed by atoms with Gasteiger partial charge >= 0.3 is 5.97 Å². The van der Waals surface area contributed by atoms with Gasteiger partial charge in [-0.2, -0.15) is 0 Å². The molecule has 0 spiro atoms. The predicted octanol–water partition coefficient (Wildman–Crippen LogP) is 2.06. The number of Topliss-reactive ketones (excluding diaryl/α,β-unsaturated/α-hetero) is 1. The van der Waals surface area contributed by atoms with Gasteiger partial charge in [0, 0.05) is 0 Å². The maximum Gasteiger partial charge on any atom is 0.313 e. The molecule has 0 radical (unpaired) electrons. The lowest BCUT2D eigenvalue weighted by Crippen LogP contribution is -2.22. The summed E-state index contributed by atoms with van der Waals surface area (Å²) in [7, 11) is 0. The molecule has 1 fully saturated rings. The van der Waals surface area contributed by atoms with E-state index in [1.165, 1.54) is 6.42 Å². The summed E-state index contributed by atoms with van der Waals surface area (Å²) >= 11 is 5.28. The first-order valence-corrected chi connectivity index (χ1v) is 5.53. The summed E-state index contributed by atoms with van der Waals surface area (Å²) in [6, 6.07) is 0. The minimum absolute atomic E-state index is 0.0272. The highest BCUT2D eigenvalue weighted by Gasteiger charge is 2.18. The normalized spacial score (nSPS) is 17.8. The van der Waals surface area contributed by atoms with Gasteiger partial charge in [-0.15, -0.1) is 11.6 Å². The zero-order valence-electron chi connectivity index (χ0n) is 8.13. The average Bonchev–Trinajstić information content (AvgIpc) is 2.19. The van der Waals surface area contributed by atoms with Crippen LogP contribution in [0.1, 0.15) is 38.5 Å². The molecule has 0 unspecified atom stereocenters. The lowest BCUT2D eigenvalue weighted by molar-refractivity contribution is -0.151. The van der Waals surface area contributed by atoms with Crippen LogP contribution in [0, 0.1) is 0 Å². The quantitative estimate of drug-likeness (QED) is 0.412. The van der Waals surface area contributed by atoms with Crippen molar-refractivity contribution in [2.45, 2.75) is 44.6 Å². The van der Waals surface area contributed by atoms with Gasteiger partial charge < -0.3 is 4.74 Å². The predicted molar refractivity (Wildman–Crippen MR) is 53.3 cm³/mol. The van der Waals surface area contributed by atoms with Gasteiger partial charge in [0.2, 0.25) is 0 Å². The Morgan fingerprint density at radius 1 is 1.21 bits per heavy atom. The Hall–Kier alpha value is -0.570. The standard InChI is InChI=1S/C10H15ClO3/c11-7-8(12)6-10(13)14-9-4-2-1-3-5-9/h9H,1-7H2. The molecule has 0 aromatic rings. The number of halogens is 1. The molecule has 0 amide bonds. The van der Waals surface area contributed by atoms with Crippen LogP contribution in [0.25, 0.3) is 0 Å². The van der Waals surface area contributed by atoms with Crippen LogP contribution in [0.3, 0.4) is 0 Å². The van der Waals surface area contributed by atoms with Crippen molar-refractivity contribution in [2.75, 3.05) is 5.88 Å². The lowest BCUT2D eigenvalue weighted by atomic mass is 9.98. The van der Waals surface area contributed by atoms with E-state index in [9.17, 15) is 9.59 Å². The molecule has 0 aliphatic heterocycles. The van der Waals surface area contributed by atoms with Crippen molar-refractivity contribution in [1.29, 1.82) is 0 Å². The summed E-state index contributed by atoms with van der Waals surface area (Å²) in [6.07, 6.45) is 5.15. The molecule has 0 atom stereocenters. The number of ether oxygens (including phenoxy) is 1. The first kappa shape index (κ1) is 11.5. The molecule has 1 saturated carbocycles. The van der Waals surface area contributed by atoms with Crippen LogP contribution in [0.5, 0.6) is 0 Å². The van der Waals surface area contributed by atoms with Crippen LogP contribution >= 0.6 is 11.6 Å². The fourth-order valence-corrected chi connectivity index (χ4v) is 1.71. The third-order valence-corrected chi connectivity index (χ3v) is 2.64. The second-order valence-electron chi connectivity index (χ2n) is 3.60. The highest BCUT2D eigenvalue weighted by atomic mass is 35.5. The van der Waals surface area contributed by atoms with Gasteiger partial charge in [0.15, 0.2) is 5.78 Å². The van der Waals surface area contributed by atoms with Gasteiger partial charge in [-0.1, -0.05) is 6.42 Å². The molecule has 14 heavy (non-hydrogen) atoms. The number of esters is 1. The summed E-state index contributed by atoms with van der Waals surface area (Å²) < 4.78 is 5.15. The Kier molecular flexibility index (Phi) is 4.94. The van der Waals surface area contributed by atoms with E-state index >= 15 is 0 Å². The monoisotopic (exact) mass is 218 g/mol. The van der Waals surface area contributed by atoms with E-state index in [0.717, 1.165) is 25.7 Å². The van der Waals surface area contributed by atoms with Gasteiger partial charge in [0.25, 0.3) is 0 Å². The van der Waals surface area contributed by atoms with Crippen LogP contribution < -0.4 is 0 Å². The molecule has 1 aliphatic carbocycles. The van der Waals surface area contributed by atoms with E-state index in [1.807, 2.05) is 0 Å². The SMILES string of the molecule is O=C(CCl)CC(=O)OC1CCCCC1. The van der Waals surface area contributed by atoms with Gasteiger partial charge in [-0.25, -0.2) is 0 Å². The van der Waals surface area contributed by atoms with E-state index in [1.54, 1.807) is 0 Å². The number of carbonyl (C=O) groups is 2. The molecule has 0 bridgehead atoms. The molecule has 0 saturated heterocycles. The molecule has 0 heterocycles. The highest BCUT2D eigenvalue weighted by Crippen LogP contribution is 2.20. The molecular weight excluding hydrogens is 204 g/mol. The molecular formula is C10H15ClO3. The van der Waals surface area contributed by atoms with Crippen LogP contribution in [0.15, 0.2) is 0 Å². The molecule has 3 nitrogen and oxygen atoms in total. The second-order valence-corrected chi connectivity index (χ2v) is 3.87. The van der Waals surface area contributed by atoms with E-state index in [2.05, 4.69) is 0 Å². The summed E-state index contributed by atoms with van der Waals surface area (Å²) in [6.45, 7) is 0. The molecule has 1 aliphatic rings. The molecule has 0 N–H and O–H groups in total. The van der Waals surface area contributed by atoms with Gasteiger partial charge in [0.1, 0.15) is 12.5 Å². The number of hydrogen-bond acceptors (Lipinski definition) is 3. The van der Waals surface area contributed by atoms with Gasteiger partial charge in [-0.3, -0.25) is 9.59 Å². The zero-order chi connectivity index (χ0) is 10.4.